The Morgan fingerprint density at radius 3 is 3.00 bits per heavy atom. The first-order valence-corrected chi connectivity index (χ1v) is 4.85. The zero-order valence-corrected chi connectivity index (χ0v) is 8.45. The van der Waals surface area contributed by atoms with E-state index in [-0.39, 0.29) is 18.8 Å². The highest BCUT2D eigenvalue weighted by atomic mass is 16.5. The summed E-state index contributed by atoms with van der Waals surface area (Å²) in [5.74, 6) is 0.835. The molecule has 0 saturated carbocycles. The average Bonchev–Trinajstić information content (AvgIpc) is 2.17. The Morgan fingerprint density at radius 1 is 1.50 bits per heavy atom. The molecule has 76 valence electrons. The lowest BCUT2D eigenvalue weighted by Crippen LogP contribution is -2.41. The Kier molecular flexibility index (Phi) is 2.33. The van der Waals surface area contributed by atoms with Gasteiger partial charge in [0.05, 0.1) is 18.3 Å². The number of hydrogen-bond donors (Lipinski definition) is 2. The molecule has 0 spiro atoms. The number of ether oxygens (including phenoxy) is 1. The van der Waals surface area contributed by atoms with Gasteiger partial charge in [0.1, 0.15) is 11.9 Å². The molecular weight excluding hydrogens is 178 g/mol. The molecule has 3 nitrogen and oxygen atoms in total. The Morgan fingerprint density at radius 2 is 2.29 bits per heavy atom. The highest BCUT2D eigenvalue weighted by Gasteiger charge is 2.25. The molecule has 1 aromatic rings. The minimum atomic E-state index is -0.149. The number of hydrogen-bond acceptors (Lipinski definition) is 3. The molecule has 2 unspecified atom stereocenters. The summed E-state index contributed by atoms with van der Waals surface area (Å²) in [6, 6.07) is 6.18. The first-order valence-electron chi connectivity index (χ1n) is 4.85. The Hall–Kier alpha value is -1.22. The van der Waals surface area contributed by atoms with Crippen molar-refractivity contribution in [3.63, 3.8) is 0 Å². The summed E-state index contributed by atoms with van der Waals surface area (Å²) >= 11 is 0. The van der Waals surface area contributed by atoms with Gasteiger partial charge in [-0.2, -0.15) is 0 Å². The van der Waals surface area contributed by atoms with Crippen LogP contribution < -0.4 is 10.1 Å². The van der Waals surface area contributed by atoms with E-state index in [0.29, 0.717) is 0 Å². The van der Waals surface area contributed by atoms with Crippen molar-refractivity contribution < 1.29 is 9.84 Å². The van der Waals surface area contributed by atoms with Gasteiger partial charge in [0.25, 0.3) is 0 Å². The number of nitrogens with one attached hydrogen (secondary N) is 1. The SMILES string of the molecule is Cc1ccc2c(c1)OC(CO)C(C)N2. The zero-order valence-electron chi connectivity index (χ0n) is 8.45. The van der Waals surface area contributed by atoms with Crippen LogP contribution in [0.4, 0.5) is 5.69 Å². The molecule has 0 fully saturated rings. The quantitative estimate of drug-likeness (QED) is 0.711. The Bertz CT molecular complexity index is 338. The molecule has 14 heavy (non-hydrogen) atoms. The molecule has 1 heterocycles. The molecule has 1 aliphatic rings. The summed E-state index contributed by atoms with van der Waals surface area (Å²) in [6.45, 7) is 4.07. The van der Waals surface area contributed by atoms with Gasteiger partial charge in [-0.3, -0.25) is 0 Å². The summed E-state index contributed by atoms with van der Waals surface area (Å²) in [4.78, 5) is 0. The number of aryl methyl sites for hydroxylation is 1. The second kappa shape index (κ2) is 3.50. The molecule has 1 aliphatic heterocycles. The van der Waals surface area contributed by atoms with Crippen molar-refractivity contribution in [2.24, 2.45) is 0 Å². The molecule has 2 rings (SSSR count). The lowest BCUT2D eigenvalue weighted by molar-refractivity contribution is 0.0977. The van der Waals surface area contributed by atoms with E-state index in [1.807, 2.05) is 32.0 Å². The second-order valence-corrected chi connectivity index (χ2v) is 3.77. The number of rotatable bonds is 1. The Balaban J connectivity index is 2.31. The molecule has 0 saturated heterocycles. The minimum Gasteiger partial charge on any atom is -0.484 e. The molecule has 0 amide bonds. The number of aliphatic hydroxyl groups is 1. The fraction of sp³-hybridized carbons (Fsp3) is 0.455. The number of benzene rings is 1. The van der Waals surface area contributed by atoms with E-state index < -0.39 is 0 Å². The van der Waals surface area contributed by atoms with Gasteiger partial charge in [0.2, 0.25) is 0 Å². The van der Waals surface area contributed by atoms with Crippen LogP contribution in [0.15, 0.2) is 18.2 Å². The molecular formula is C11H15NO2. The number of fused-ring (bicyclic) bond motifs is 1. The lowest BCUT2D eigenvalue weighted by Gasteiger charge is -2.32. The van der Waals surface area contributed by atoms with Crippen molar-refractivity contribution in [3.05, 3.63) is 23.8 Å². The van der Waals surface area contributed by atoms with Crippen LogP contribution in [0.5, 0.6) is 5.75 Å². The first kappa shape index (κ1) is 9.34. The second-order valence-electron chi connectivity index (χ2n) is 3.77. The smallest absolute Gasteiger partial charge is 0.143 e. The van der Waals surface area contributed by atoms with E-state index in [4.69, 9.17) is 9.84 Å². The van der Waals surface area contributed by atoms with E-state index in [0.717, 1.165) is 17.0 Å². The maximum Gasteiger partial charge on any atom is 0.143 e. The van der Waals surface area contributed by atoms with Gasteiger partial charge >= 0.3 is 0 Å². The summed E-state index contributed by atoms with van der Waals surface area (Å²) in [6.07, 6.45) is -0.149. The largest absolute Gasteiger partial charge is 0.484 e. The van der Waals surface area contributed by atoms with Crippen molar-refractivity contribution in [2.75, 3.05) is 11.9 Å². The van der Waals surface area contributed by atoms with Crippen LogP contribution in [0, 0.1) is 6.92 Å². The van der Waals surface area contributed by atoms with Gasteiger partial charge in [0.15, 0.2) is 0 Å². The van der Waals surface area contributed by atoms with Crippen molar-refractivity contribution in [2.45, 2.75) is 26.0 Å². The van der Waals surface area contributed by atoms with Gasteiger partial charge in [-0.05, 0) is 31.5 Å². The summed E-state index contributed by atoms with van der Waals surface area (Å²) in [7, 11) is 0. The van der Waals surface area contributed by atoms with E-state index in [2.05, 4.69) is 5.32 Å². The summed E-state index contributed by atoms with van der Waals surface area (Å²) < 4.78 is 5.66. The maximum atomic E-state index is 9.09. The van der Waals surface area contributed by atoms with Gasteiger partial charge < -0.3 is 15.2 Å². The number of aliphatic hydroxyl groups excluding tert-OH is 1. The van der Waals surface area contributed by atoms with Crippen LogP contribution in [-0.4, -0.2) is 23.9 Å². The molecule has 0 aromatic heterocycles. The van der Waals surface area contributed by atoms with Gasteiger partial charge in [-0.15, -0.1) is 0 Å². The van der Waals surface area contributed by atoms with Crippen LogP contribution in [0.25, 0.3) is 0 Å². The van der Waals surface area contributed by atoms with Crippen molar-refractivity contribution >= 4 is 5.69 Å². The normalized spacial score (nSPS) is 24.8. The van der Waals surface area contributed by atoms with Crippen molar-refractivity contribution in [1.82, 2.24) is 0 Å². The van der Waals surface area contributed by atoms with Crippen LogP contribution >= 0.6 is 0 Å². The fourth-order valence-electron chi connectivity index (χ4n) is 1.65. The molecule has 1 aromatic carbocycles. The van der Waals surface area contributed by atoms with Crippen molar-refractivity contribution in [1.29, 1.82) is 0 Å². The molecule has 0 bridgehead atoms. The Labute approximate surface area is 83.7 Å². The predicted molar refractivity (Wildman–Crippen MR) is 55.8 cm³/mol. The average molecular weight is 193 g/mol. The third-order valence-electron chi connectivity index (χ3n) is 2.54. The molecule has 0 radical (unpaired) electrons. The van der Waals surface area contributed by atoms with Crippen LogP contribution in [0.1, 0.15) is 12.5 Å². The van der Waals surface area contributed by atoms with Gasteiger partial charge in [-0.25, -0.2) is 0 Å². The highest BCUT2D eigenvalue weighted by Crippen LogP contribution is 2.31. The summed E-state index contributed by atoms with van der Waals surface area (Å²) in [5, 5.41) is 12.4. The topological polar surface area (TPSA) is 41.5 Å². The standard InChI is InChI=1S/C11H15NO2/c1-7-3-4-9-10(5-7)14-11(6-13)8(2)12-9/h3-5,8,11-13H,6H2,1-2H3. The van der Waals surface area contributed by atoms with Crippen LogP contribution in [-0.2, 0) is 0 Å². The highest BCUT2D eigenvalue weighted by molar-refractivity contribution is 5.59. The predicted octanol–water partition coefficient (Wildman–Crippen LogP) is 1.55. The van der Waals surface area contributed by atoms with E-state index in [1.54, 1.807) is 0 Å². The number of anilines is 1. The first-order chi connectivity index (χ1) is 6.70. The van der Waals surface area contributed by atoms with E-state index in [1.165, 1.54) is 0 Å². The van der Waals surface area contributed by atoms with E-state index >= 15 is 0 Å². The third-order valence-corrected chi connectivity index (χ3v) is 2.54. The van der Waals surface area contributed by atoms with Crippen molar-refractivity contribution in [3.8, 4) is 5.75 Å². The summed E-state index contributed by atoms with van der Waals surface area (Å²) in [5.41, 5.74) is 2.17. The van der Waals surface area contributed by atoms with E-state index in [9.17, 15) is 0 Å². The zero-order chi connectivity index (χ0) is 10.1. The molecule has 2 atom stereocenters. The minimum absolute atomic E-state index is 0.0432. The van der Waals surface area contributed by atoms with Gasteiger partial charge in [-0.1, -0.05) is 6.07 Å². The fourth-order valence-corrected chi connectivity index (χ4v) is 1.65. The van der Waals surface area contributed by atoms with Crippen LogP contribution in [0.3, 0.4) is 0 Å². The van der Waals surface area contributed by atoms with Gasteiger partial charge in [0, 0.05) is 0 Å². The molecule has 3 heteroatoms. The maximum absolute atomic E-state index is 9.09. The lowest BCUT2D eigenvalue weighted by atomic mass is 10.1. The monoisotopic (exact) mass is 193 g/mol. The molecule has 2 N–H and O–H groups in total. The molecule has 0 aliphatic carbocycles. The third kappa shape index (κ3) is 1.55. The van der Waals surface area contributed by atoms with Crippen LogP contribution in [0.2, 0.25) is 0 Å².